The number of rotatable bonds is 0. The van der Waals surface area contributed by atoms with Crippen LogP contribution in [0, 0.1) is 27.7 Å². The SMILES string of the molecule is Cc1c(C)c(N)c2c(N)ccc(C)c2c1C. The Kier molecular flexibility index (Phi) is 2.30. The molecule has 0 radical (unpaired) electrons. The zero-order valence-electron chi connectivity index (χ0n) is 10.3. The first-order chi connectivity index (χ1) is 7.45. The van der Waals surface area contributed by atoms with Gasteiger partial charge in [-0.1, -0.05) is 6.07 Å². The molecule has 0 unspecified atom stereocenters. The van der Waals surface area contributed by atoms with Gasteiger partial charge in [0.2, 0.25) is 0 Å². The zero-order valence-corrected chi connectivity index (χ0v) is 10.3. The second-order valence-corrected chi connectivity index (χ2v) is 4.51. The van der Waals surface area contributed by atoms with Crippen molar-refractivity contribution in [2.45, 2.75) is 27.7 Å². The first-order valence-corrected chi connectivity index (χ1v) is 5.49. The van der Waals surface area contributed by atoms with Crippen LogP contribution < -0.4 is 11.5 Å². The van der Waals surface area contributed by atoms with Crippen LogP contribution in [0.15, 0.2) is 12.1 Å². The summed E-state index contributed by atoms with van der Waals surface area (Å²) in [6.07, 6.45) is 0. The molecule has 0 aromatic heterocycles. The van der Waals surface area contributed by atoms with Crippen LogP contribution in [0.2, 0.25) is 0 Å². The molecular formula is C14H18N2. The molecule has 2 nitrogen and oxygen atoms in total. The van der Waals surface area contributed by atoms with E-state index in [4.69, 9.17) is 11.5 Å². The minimum absolute atomic E-state index is 0.768. The van der Waals surface area contributed by atoms with Crippen molar-refractivity contribution in [3.63, 3.8) is 0 Å². The van der Waals surface area contributed by atoms with Gasteiger partial charge in [0, 0.05) is 16.8 Å². The number of benzene rings is 2. The molecule has 2 heteroatoms. The van der Waals surface area contributed by atoms with Crippen LogP contribution in [0.5, 0.6) is 0 Å². The molecule has 2 rings (SSSR count). The monoisotopic (exact) mass is 214 g/mol. The molecule has 0 bridgehead atoms. The highest BCUT2D eigenvalue weighted by Gasteiger charge is 2.13. The number of hydrogen-bond acceptors (Lipinski definition) is 2. The molecular weight excluding hydrogens is 196 g/mol. The lowest BCUT2D eigenvalue weighted by Gasteiger charge is -2.16. The third-order valence-electron chi connectivity index (χ3n) is 3.62. The van der Waals surface area contributed by atoms with Gasteiger partial charge in [0.25, 0.3) is 0 Å². The van der Waals surface area contributed by atoms with Crippen LogP contribution in [0.1, 0.15) is 22.3 Å². The second-order valence-electron chi connectivity index (χ2n) is 4.51. The Labute approximate surface area is 96.3 Å². The summed E-state index contributed by atoms with van der Waals surface area (Å²) in [7, 11) is 0. The van der Waals surface area contributed by atoms with E-state index in [1.807, 2.05) is 6.07 Å². The molecule has 0 aliphatic heterocycles. The Balaban J connectivity index is 3.14. The lowest BCUT2D eigenvalue weighted by atomic mass is 9.91. The predicted molar refractivity (Wildman–Crippen MR) is 71.7 cm³/mol. The smallest absolute Gasteiger partial charge is 0.0447 e. The summed E-state index contributed by atoms with van der Waals surface area (Å²) >= 11 is 0. The zero-order chi connectivity index (χ0) is 12.0. The summed E-state index contributed by atoms with van der Waals surface area (Å²) in [6, 6.07) is 3.99. The fraction of sp³-hybridized carbons (Fsp3) is 0.286. The van der Waals surface area contributed by atoms with Gasteiger partial charge in [-0.05, 0) is 61.4 Å². The van der Waals surface area contributed by atoms with Crippen molar-refractivity contribution in [1.82, 2.24) is 0 Å². The molecule has 84 valence electrons. The summed E-state index contributed by atoms with van der Waals surface area (Å²) in [6.45, 7) is 8.40. The summed E-state index contributed by atoms with van der Waals surface area (Å²) in [4.78, 5) is 0. The Hall–Kier alpha value is -1.70. The third-order valence-corrected chi connectivity index (χ3v) is 3.62. The summed E-state index contributed by atoms with van der Waals surface area (Å²) < 4.78 is 0. The Morgan fingerprint density at radius 2 is 1.38 bits per heavy atom. The molecule has 0 amide bonds. The number of aryl methyl sites for hydroxylation is 2. The first-order valence-electron chi connectivity index (χ1n) is 5.49. The van der Waals surface area contributed by atoms with Gasteiger partial charge in [-0.2, -0.15) is 0 Å². The topological polar surface area (TPSA) is 52.0 Å². The van der Waals surface area contributed by atoms with E-state index < -0.39 is 0 Å². The molecule has 0 saturated heterocycles. The molecule has 0 saturated carbocycles. The molecule has 0 aliphatic carbocycles. The van der Waals surface area contributed by atoms with E-state index in [0.717, 1.165) is 22.3 Å². The highest BCUT2D eigenvalue weighted by Crippen LogP contribution is 2.36. The molecule has 4 N–H and O–H groups in total. The van der Waals surface area contributed by atoms with Gasteiger partial charge in [-0.15, -0.1) is 0 Å². The number of fused-ring (bicyclic) bond motifs is 1. The highest BCUT2D eigenvalue weighted by atomic mass is 14.6. The average molecular weight is 214 g/mol. The number of hydrogen-bond donors (Lipinski definition) is 2. The van der Waals surface area contributed by atoms with Gasteiger partial charge in [0.15, 0.2) is 0 Å². The maximum atomic E-state index is 6.18. The van der Waals surface area contributed by atoms with E-state index in [1.54, 1.807) is 0 Å². The molecule has 0 fully saturated rings. The molecule has 16 heavy (non-hydrogen) atoms. The van der Waals surface area contributed by atoms with E-state index in [0.29, 0.717) is 0 Å². The first kappa shape index (κ1) is 10.8. The minimum atomic E-state index is 0.768. The largest absolute Gasteiger partial charge is 0.398 e. The molecule has 2 aromatic rings. The lowest BCUT2D eigenvalue weighted by molar-refractivity contribution is 1.29. The van der Waals surface area contributed by atoms with Gasteiger partial charge in [0.1, 0.15) is 0 Å². The van der Waals surface area contributed by atoms with Crippen molar-refractivity contribution in [3.8, 4) is 0 Å². The van der Waals surface area contributed by atoms with Gasteiger partial charge in [0.05, 0.1) is 0 Å². The molecule has 0 aliphatic rings. The normalized spacial score (nSPS) is 11.0. The van der Waals surface area contributed by atoms with Crippen molar-refractivity contribution >= 4 is 22.1 Å². The van der Waals surface area contributed by atoms with Crippen LogP contribution in [0.4, 0.5) is 11.4 Å². The summed E-state index contributed by atoms with van der Waals surface area (Å²) in [5.41, 5.74) is 18.7. The maximum Gasteiger partial charge on any atom is 0.0447 e. The van der Waals surface area contributed by atoms with Crippen LogP contribution in [0.3, 0.4) is 0 Å². The fourth-order valence-corrected chi connectivity index (χ4v) is 2.35. The van der Waals surface area contributed by atoms with Crippen molar-refractivity contribution < 1.29 is 0 Å². The van der Waals surface area contributed by atoms with E-state index >= 15 is 0 Å². The van der Waals surface area contributed by atoms with E-state index in [2.05, 4.69) is 33.8 Å². The van der Waals surface area contributed by atoms with E-state index in [-0.39, 0.29) is 0 Å². The maximum absolute atomic E-state index is 6.18. The lowest BCUT2D eigenvalue weighted by Crippen LogP contribution is -2.01. The van der Waals surface area contributed by atoms with Crippen molar-refractivity contribution in [3.05, 3.63) is 34.4 Å². The third kappa shape index (κ3) is 1.26. The number of nitrogens with two attached hydrogens (primary N) is 2. The van der Waals surface area contributed by atoms with Crippen LogP contribution in [-0.2, 0) is 0 Å². The van der Waals surface area contributed by atoms with Gasteiger partial charge in [-0.3, -0.25) is 0 Å². The number of nitrogen functional groups attached to an aromatic ring is 2. The van der Waals surface area contributed by atoms with Gasteiger partial charge in [-0.25, -0.2) is 0 Å². The fourth-order valence-electron chi connectivity index (χ4n) is 2.35. The van der Waals surface area contributed by atoms with Gasteiger partial charge >= 0.3 is 0 Å². The Morgan fingerprint density at radius 1 is 0.750 bits per heavy atom. The summed E-state index contributed by atoms with van der Waals surface area (Å²) in [5.74, 6) is 0. The molecule has 0 heterocycles. The Bertz CT molecular complexity index is 531. The standard InChI is InChI=1S/C14H18N2/c1-7-5-6-11(15)13-12(7)9(3)8(2)10(4)14(13)16/h5-6H,15-16H2,1-4H3. The quantitative estimate of drug-likeness (QED) is 0.661. The van der Waals surface area contributed by atoms with Crippen LogP contribution >= 0.6 is 0 Å². The van der Waals surface area contributed by atoms with Crippen molar-refractivity contribution in [2.75, 3.05) is 11.5 Å². The average Bonchev–Trinajstić information content (AvgIpc) is 2.26. The predicted octanol–water partition coefficient (Wildman–Crippen LogP) is 3.24. The number of anilines is 2. The van der Waals surface area contributed by atoms with E-state index in [9.17, 15) is 0 Å². The van der Waals surface area contributed by atoms with E-state index in [1.165, 1.54) is 22.1 Å². The molecule has 0 atom stereocenters. The molecule has 2 aromatic carbocycles. The second kappa shape index (κ2) is 3.41. The van der Waals surface area contributed by atoms with Gasteiger partial charge < -0.3 is 11.5 Å². The van der Waals surface area contributed by atoms with Crippen molar-refractivity contribution in [2.24, 2.45) is 0 Å². The van der Waals surface area contributed by atoms with Crippen LogP contribution in [-0.4, -0.2) is 0 Å². The van der Waals surface area contributed by atoms with Crippen molar-refractivity contribution in [1.29, 1.82) is 0 Å². The minimum Gasteiger partial charge on any atom is -0.398 e. The highest BCUT2D eigenvalue weighted by molar-refractivity contribution is 6.06. The Morgan fingerprint density at radius 3 is 2.00 bits per heavy atom. The van der Waals surface area contributed by atoms with Crippen LogP contribution in [0.25, 0.3) is 10.8 Å². The molecule has 0 spiro atoms. The summed E-state index contributed by atoms with van der Waals surface area (Å²) in [5, 5.41) is 2.22.